The van der Waals surface area contributed by atoms with Gasteiger partial charge in [0.1, 0.15) is 24.4 Å². The fourth-order valence-electron chi connectivity index (χ4n) is 12.6. The fourth-order valence-corrected chi connectivity index (χ4v) is 12.6. The summed E-state index contributed by atoms with van der Waals surface area (Å²) in [4.78, 5) is 12.9. The van der Waals surface area contributed by atoms with Gasteiger partial charge in [0.05, 0.1) is 18.1 Å². The zero-order valence-electron chi connectivity index (χ0n) is 27.6. The number of aliphatic hydroxyl groups excluding tert-OH is 4. The molecule has 6 rings (SSSR count). The number of aliphatic hydroxyl groups is 4. The van der Waals surface area contributed by atoms with Gasteiger partial charge in [-0.2, -0.15) is 0 Å². The molecular weight excluding hydrogens is 544 g/mol. The van der Waals surface area contributed by atoms with Gasteiger partial charge in [0.25, 0.3) is 0 Å². The molecule has 0 radical (unpaired) electrons. The van der Waals surface area contributed by atoms with Crippen LogP contribution in [0.1, 0.15) is 113 Å². The molecule has 244 valence electrons. The van der Waals surface area contributed by atoms with E-state index in [1.165, 1.54) is 5.57 Å². The Hall–Kier alpha value is -0.990. The first-order valence-corrected chi connectivity index (χ1v) is 17.1. The lowest BCUT2D eigenvalue weighted by Crippen LogP contribution is -2.66. The topological polar surface area (TPSA) is 127 Å². The summed E-state index contributed by atoms with van der Waals surface area (Å²) in [6.07, 6.45) is 6.18. The molecule has 5 fully saturated rings. The second kappa shape index (κ2) is 10.0. The molecule has 7 nitrogen and oxygen atoms in total. The van der Waals surface area contributed by atoms with E-state index in [4.69, 9.17) is 4.74 Å². The van der Waals surface area contributed by atoms with Gasteiger partial charge in [-0.05, 0) is 115 Å². The van der Waals surface area contributed by atoms with E-state index in [9.17, 15) is 30.3 Å². The molecule has 1 heterocycles. The molecule has 5 aliphatic carbocycles. The van der Waals surface area contributed by atoms with Crippen LogP contribution in [0, 0.1) is 56.2 Å². The summed E-state index contributed by atoms with van der Waals surface area (Å²) in [5.74, 6) is 0.252. The van der Waals surface area contributed by atoms with Gasteiger partial charge in [-0.1, -0.05) is 60.1 Å². The number of aliphatic carboxylic acids is 1. The standard InChI is InChI=1S/C36H58O7/c1-31(2)14-16-36(30(41)42)17-15-34(6)20(22(36)18-31)8-9-25-33(5)12-10-21(32(3,4)24(33)11-13-35(25,34)7)26(38)29-28(40)27(39)23(37)19-43-29/h8,21-29,37-40H,9-19H2,1-7H3,(H,41,42)/t21-,22?,23-,24?,25?,26+,27?,28+,29+,33+,34-,35-,36+/m1/s1. The first kappa shape index (κ1) is 32.0. The third-order valence-corrected chi connectivity index (χ3v) is 15.5. The number of hydrogen-bond donors (Lipinski definition) is 5. The summed E-state index contributed by atoms with van der Waals surface area (Å²) in [5, 5.41) is 53.3. The lowest BCUT2D eigenvalue weighted by Gasteiger charge is -2.71. The Balaban J connectivity index is 1.32. The molecule has 43 heavy (non-hydrogen) atoms. The van der Waals surface area contributed by atoms with Gasteiger partial charge in [0.2, 0.25) is 0 Å². The quantitative estimate of drug-likeness (QED) is 0.276. The number of allylic oxidation sites excluding steroid dienone is 2. The average molecular weight is 603 g/mol. The maximum Gasteiger partial charge on any atom is 0.310 e. The molecule has 7 heteroatoms. The molecule has 0 amide bonds. The minimum Gasteiger partial charge on any atom is -0.481 e. The summed E-state index contributed by atoms with van der Waals surface area (Å²) in [6, 6.07) is 0. The molecule has 4 saturated carbocycles. The van der Waals surface area contributed by atoms with Crippen molar-refractivity contribution in [2.45, 2.75) is 143 Å². The predicted molar refractivity (Wildman–Crippen MR) is 164 cm³/mol. The molecular formula is C36H58O7. The zero-order chi connectivity index (χ0) is 31.5. The number of carboxylic acid groups (broad SMARTS) is 1. The van der Waals surface area contributed by atoms with E-state index in [1.54, 1.807) is 0 Å². The van der Waals surface area contributed by atoms with Crippen LogP contribution in [0.15, 0.2) is 11.6 Å². The molecule has 0 aromatic carbocycles. The molecule has 0 aromatic rings. The molecule has 0 aromatic heterocycles. The molecule has 6 aliphatic rings. The van der Waals surface area contributed by atoms with Crippen molar-refractivity contribution in [1.29, 1.82) is 0 Å². The predicted octanol–water partition coefficient (Wildman–Crippen LogP) is 5.33. The van der Waals surface area contributed by atoms with Crippen LogP contribution in [0.3, 0.4) is 0 Å². The second-order valence-electron chi connectivity index (χ2n) is 18.0. The van der Waals surface area contributed by atoms with Crippen molar-refractivity contribution >= 4 is 5.97 Å². The molecule has 1 aliphatic heterocycles. The number of ether oxygens (including phenoxy) is 1. The normalized spacial score (nSPS) is 52.9. The van der Waals surface area contributed by atoms with E-state index >= 15 is 0 Å². The Morgan fingerprint density at radius 2 is 1.56 bits per heavy atom. The van der Waals surface area contributed by atoms with Crippen LogP contribution >= 0.6 is 0 Å². The van der Waals surface area contributed by atoms with Crippen molar-refractivity contribution in [2.75, 3.05) is 6.61 Å². The lowest BCUT2D eigenvalue weighted by atomic mass is 9.33. The number of carbonyl (C=O) groups is 1. The van der Waals surface area contributed by atoms with Gasteiger partial charge < -0.3 is 30.3 Å². The number of fused-ring (bicyclic) bond motifs is 7. The highest BCUT2D eigenvalue weighted by Crippen LogP contribution is 2.76. The van der Waals surface area contributed by atoms with E-state index in [0.717, 1.165) is 64.2 Å². The van der Waals surface area contributed by atoms with Crippen molar-refractivity contribution < 1.29 is 35.1 Å². The number of rotatable bonds is 3. The van der Waals surface area contributed by atoms with Gasteiger partial charge in [-0.15, -0.1) is 0 Å². The van der Waals surface area contributed by atoms with E-state index in [-0.39, 0.29) is 45.5 Å². The molecule has 13 atom stereocenters. The maximum atomic E-state index is 12.9. The summed E-state index contributed by atoms with van der Waals surface area (Å²) in [6.45, 7) is 16.6. The highest BCUT2D eigenvalue weighted by Gasteiger charge is 2.69. The van der Waals surface area contributed by atoms with Crippen molar-refractivity contribution in [3.8, 4) is 0 Å². The summed E-state index contributed by atoms with van der Waals surface area (Å²) >= 11 is 0. The van der Waals surface area contributed by atoms with Crippen LogP contribution in [0.5, 0.6) is 0 Å². The van der Waals surface area contributed by atoms with Crippen LogP contribution in [-0.2, 0) is 9.53 Å². The van der Waals surface area contributed by atoms with Crippen molar-refractivity contribution in [3.63, 3.8) is 0 Å². The van der Waals surface area contributed by atoms with Gasteiger partial charge in [-0.25, -0.2) is 0 Å². The largest absolute Gasteiger partial charge is 0.481 e. The van der Waals surface area contributed by atoms with Gasteiger partial charge in [0, 0.05) is 0 Å². The van der Waals surface area contributed by atoms with Crippen LogP contribution in [0.25, 0.3) is 0 Å². The van der Waals surface area contributed by atoms with Crippen LogP contribution in [0.2, 0.25) is 0 Å². The first-order valence-electron chi connectivity index (χ1n) is 17.1. The van der Waals surface area contributed by atoms with Crippen molar-refractivity contribution in [2.24, 2.45) is 56.2 Å². The third-order valence-electron chi connectivity index (χ3n) is 15.5. The minimum absolute atomic E-state index is 0.0293. The summed E-state index contributed by atoms with van der Waals surface area (Å²) in [7, 11) is 0. The monoisotopic (exact) mass is 602 g/mol. The number of hydrogen-bond acceptors (Lipinski definition) is 6. The Labute approximate surface area is 258 Å². The lowest BCUT2D eigenvalue weighted by molar-refractivity contribution is -0.242. The van der Waals surface area contributed by atoms with Crippen molar-refractivity contribution in [3.05, 3.63) is 11.6 Å². The Morgan fingerprint density at radius 1 is 0.884 bits per heavy atom. The number of carboxylic acids is 1. The highest BCUT2D eigenvalue weighted by atomic mass is 16.5. The minimum atomic E-state index is -1.33. The SMILES string of the molecule is CC1(C)CC[C@]2(C(=O)O)CC[C@]3(C)C(=CCC4[C@@]5(C)CC[C@H]([C@H](O)[C@@H]6OC[C@@H](O)C(O)[C@@H]6O)C(C)(C)C5CC[C@]43C)C2C1. The first-order chi connectivity index (χ1) is 19.9. The molecule has 4 unspecified atom stereocenters. The molecule has 5 N–H and O–H groups in total. The van der Waals surface area contributed by atoms with Crippen LogP contribution < -0.4 is 0 Å². The van der Waals surface area contributed by atoms with Crippen LogP contribution in [-0.4, -0.2) is 68.6 Å². The molecule has 0 bridgehead atoms. The van der Waals surface area contributed by atoms with Crippen molar-refractivity contribution in [1.82, 2.24) is 0 Å². The highest BCUT2D eigenvalue weighted by molar-refractivity contribution is 5.76. The molecule has 0 spiro atoms. The van der Waals surface area contributed by atoms with Gasteiger partial charge >= 0.3 is 5.97 Å². The maximum absolute atomic E-state index is 12.9. The van der Waals surface area contributed by atoms with E-state index in [0.29, 0.717) is 11.8 Å². The fraction of sp³-hybridized carbons (Fsp3) is 0.917. The van der Waals surface area contributed by atoms with Crippen LogP contribution in [0.4, 0.5) is 0 Å². The zero-order valence-corrected chi connectivity index (χ0v) is 27.6. The Kier molecular flexibility index (Phi) is 7.44. The third kappa shape index (κ3) is 4.26. The van der Waals surface area contributed by atoms with Gasteiger partial charge in [0.15, 0.2) is 0 Å². The second-order valence-corrected chi connectivity index (χ2v) is 18.0. The van der Waals surface area contributed by atoms with Gasteiger partial charge in [-0.3, -0.25) is 4.79 Å². The average Bonchev–Trinajstić information content (AvgIpc) is 2.91. The Bertz CT molecular complexity index is 1160. The smallest absolute Gasteiger partial charge is 0.310 e. The van der Waals surface area contributed by atoms with E-state index in [2.05, 4.69) is 54.5 Å². The molecule has 1 saturated heterocycles. The Morgan fingerprint density at radius 3 is 2.23 bits per heavy atom. The summed E-state index contributed by atoms with van der Waals surface area (Å²) in [5.41, 5.74) is 0.848. The van der Waals surface area contributed by atoms with E-state index in [1.807, 2.05) is 0 Å². The van der Waals surface area contributed by atoms with E-state index < -0.39 is 41.9 Å². The summed E-state index contributed by atoms with van der Waals surface area (Å²) < 4.78 is 5.74.